The van der Waals surface area contributed by atoms with Crippen LogP contribution < -0.4 is 0 Å². The van der Waals surface area contributed by atoms with Crippen LogP contribution in [0.5, 0.6) is 0 Å². The van der Waals surface area contributed by atoms with Gasteiger partial charge in [0.2, 0.25) is 0 Å². The zero-order valence-electron chi connectivity index (χ0n) is 47.2. The van der Waals surface area contributed by atoms with Gasteiger partial charge in [0.15, 0.2) is 17.5 Å². The average Bonchev–Trinajstić information content (AvgIpc) is 1.71. The minimum Gasteiger partial charge on any atom is -0.309 e. The molecule has 17 aromatic rings. The van der Waals surface area contributed by atoms with Crippen molar-refractivity contribution >= 4 is 65.4 Å². The fraction of sp³-hybridized carbons (Fsp3) is 0. The van der Waals surface area contributed by atoms with E-state index in [-0.39, 0.29) is 0 Å². The molecule has 0 fully saturated rings. The van der Waals surface area contributed by atoms with E-state index in [4.69, 9.17) is 15.0 Å². The molecule has 0 aliphatic rings. The second-order valence-corrected chi connectivity index (χ2v) is 22.3. The number of nitrogens with zero attached hydrogens (tertiary/aromatic N) is 6. The lowest BCUT2D eigenvalue weighted by Gasteiger charge is -2.13. The molecule has 6 heteroatoms. The minimum atomic E-state index is 0.635. The van der Waals surface area contributed by atoms with Crippen molar-refractivity contribution in [1.29, 1.82) is 0 Å². The summed E-state index contributed by atoms with van der Waals surface area (Å²) in [6.07, 6.45) is 0. The molecule has 0 spiro atoms. The van der Waals surface area contributed by atoms with Crippen LogP contribution in [0.25, 0.3) is 161 Å². The number of aromatic nitrogens is 6. The summed E-state index contributed by atoms with van der Waals surface area (Å²) in [5.74, 6) is 1.93. The summed E-state index contributed by atoms with van der Waals surface area (Å²) in [6, 6.07) is 113. The van der Waals surface area contributed by atoms with Crippen molar-refractivity contribution in [2.24, 2.45) is 0 Å². The van der Waals surface area contributed by atoms with Gasteiger partial charge in [0.05, 0.1) is 33.1 Å². The first-order valence-corrected chi connectivity index (χ1v) is 29.6. The van der Waals surface area contributed by atoms with Gasteiger partial charge in [-0.2, -0.15) is 0 Å². The van der Waals surface area contributed by atoms with E-state index in [1.54, 1.807) is 0 Å². The van der Waals surface area contributed by atoms with E-state index < -0.39 is 0 Å². The van der Waals surface area contributed by atoms with Gasteiger partial charge in [0, 0.05) is 66.1 Å². The summed E-state index contributed by atoms with van der Waals surface area (Å²) in [6.45, 7) is 0. The van der Waals surface area contributed by atoms with Crippen LogP contribution in [-0.4, -0.2) is 28.7 Å². The van der Waals surface area contributed by atoms with Crippen LogP contribution in [0.1, 0.15) is 0 Å². The Balaban J connectivity index is 0.704. The Hall–Kier alpha value is -11.7. The van der Waals surface area contributed by atoms with E-state index in [9.17, 15) is 0 Å². The zero-order valence-corrected chi connectivity index (χ0v) is 47.2. The molecule has 6 nitrogen and oxygen atoms in total. The molecule has 0 aliphatic carbocycles. The second-order valence-electron chi connectivity index (χ2n) is 22.3. The Morgan fingerprint density at radius 2 is 0.483 bits per heavy atom. The normalized spacial score (nSPS) is 11.7. The van der Waals surface area contributed by atoms with Crippen molar-refractivity contribution in [1.82, 2.24) is 28.7 Å². The molecule has 4 aromatic heterocycles. The number of para-hydroxylation sites is 4. The number of hydrogen-bond donors (Lipinski definition) is 0. The quantitative estimate of drug-likeness (QED) is 0.137. The first kappa shape index (κ1) is 49.8. The molecule has 0 atom stereocenters. The van der Waals surface area contributed by atoms with Crippen molar-refractivity contribution in [2.75, 3.05) is 0 Å². The second kappa shape index (κ2) is 20.6. The predicted octanol–water partition coefficient (Wildman–Crippen LogP) is 20.8. The topological polar surface area (TPSA) is 53.5 Å². The molecule has 17 rings (SSSR count). The standard InChI is InChI=1S/C81H52N6/c1-3-19-56(20-4-1)79-82-80(57-21-5-2-6-22-57)84-81(83-79)58-41-39-53(40-42-58)54-43-47-63(48-44-54)86-73-35-13-9-29-69(73)77-67(31-17-37-75(77)86)68-32-18-38-76-78(68)70-30-10-14-36-74(70)87(76)64-26-16-25-61(52-64)60-24-15-23-59(51-60)55-45-49-62(50-46-55)85-71-33-11-7-27-65(71)66-28-8-12-34-72(66)85/h1-52H. The third kappa shape index (κ3) is 8.45. The van der Waals surface area contributed by atoms with Crippen LogP contribution in [0.3, 0.4) is 0 Å². The first-order valence-electron chi connectivity index (χ1n) is 29.6. The largest absolute Gasteiger partial charge is 0.309 e. The van der Waals surface area contributed by atoms with Gasteiger partial charge in [-0.1, -0.05) is 237 Å². The zero-order chi connectivity index (χ0) is 57.4. The highest BCUT2D eigenvalue weighted by Gasteiger charge is 2.22. The van der Waals surface area contributed by atoms with Crippen LogP contribution >= 0.6 is 0 Å². The highest BCUT2D eigenvalue weighted by atomic mass is 15.0. The molecule has 13 aromatic carbocycles. The summed E-state index contributed by atoms with van der Waals surface area (Å²) in [4.78, 5) is 14.8. The van der Waals surface area contributed by atoms with Gasteiger partial charge in [-0.05, 0) is 123 Å². The third-order valence-electron chi connectivity index (χ3n) is 17.3. The minimum absolute atomic E-state index is 0.635. The molecule has 0 saturated heterocycles. The molecule has 0 saturated carbocycles. The Labute approximate surface area is 502 Å². The van der Waals surface area contributed by atoms with Crippen molar-refractivity contribution in [3.8, 4) is 95.7 Å². The fourth-order valence-electron chi connectivity index (χ4n) is 13.3. The van der Waals surface area contributed by atoms with Crippen molar-refractivity contribution in [3.63, 3.8) is 0 Å². The van der Waals surface area contributed by atoms with E-state index in [2.05, 4.69) is 268 Å². The van der Waals surface area contributed by atoms with Gasteiger partial charge < -0.3 is 13.7 Å². The van der Waals surface area contributed by atoms with Gasteiger partial charge in [0.25, 0.3) is 0 Å². The Morgan fingerprint density at radius 3 is 0.966 bits per heavy atom. The molecule has 0 aliphatic heterocycles. The van der Waals surface area contributed by atoms with E-state index in [0.29, 0.717) is 17.5 Å². The van der Waals surface area contributed by atoms with E-state index in [1.165, 1.54) is 76.7 Å². The number of hydrogen-bond acceptors (Lipinski definition) is 3. The lowest BCUT2D eigenvalue weighted by molar-refractivity contribution is 1.07. The van der Waals surface area contributed by atoms with Crippen LogP contribution in [0, 0.1) is 0 Å². The number of fused-ring (bicyclic) bond motifs is 9. The highest BCUT2D eigenvalue weighted by molar-refractivity contribution is 6.22. The number of benzene rings is 13. The Kier molecular flexibility index (Phi) is 11.8. The van der Waals surface area contributed by atoms with E-state index >= 15 is 0 Å². The summed E-state index contributed by atoms with van der Waals surface area (Å²) in [5.41, 5.74) is 22.6. The summed E-state index contributed by atoms with van der Waals surface area (Å²) in [5, 5.41) is 7.41. The monoisotopic (exact) mass is 1110 g/mol. The highest BCUT2D eigenvalue weighted by Crippen LogP contribution is 2.45. The maximum absolute atomic E-state index is 4.97. The third-order valence-corrected chi connectivity index (χ3v) is 17.3. The van der Waals surface area contributed by atoms with Crippen LogP contribution in [-0.2, 0) is 0 Å². The average molecular weight is 1110 g/mol. The lowest BCUT2D eigenvalue weighted by Crippen LogP contribution is -2.00. The maximum atomic E-state index is 4.97. The van der Waals surface area contributed by atoms with Gasteiger partial charge in [-0.3, -0.25) is 0 Å². The van der Waals surface area contributed by atoms with Gasteiger partial charge in [-0.25, -0.2) is 15.0 Å². The Morgan fingerprint density at radius 1 is 0.184 bits per heavy atom. The molecule has 4 heterocycles. The number of rotatable bonds is 10. The van der Waals surface area contributed by atoms with Crippen molar-refractivity contribution in [3.05, 3.63) is 315 Å². The summed E-state index contributed by atoms with van der Waals surface area (Å²) < 4.78 is 7.24. The molecule has 406 valence electrons. The molecule has 87 heavy (non-hydrogen) atoms. The van der Waals surface area contributed by atoms with Gasteiger partial charge in [0.1, 0.15) is 0 Å². The molecule has 0 bridgehead atoms. The fourth-order valence-corrected chi connectivity index (χ4v) is 13.3. The van der Waals surface area contributed by atoms with Crippen molar-refractivity contribution < 1.29 is 0 Å². The molecular formula is C81H52N6. The van der Waals surface area contributed by atoms with Crippen LogP contribution in [0.4, 0.5) is 0 Å². The summed E-state index contributed by atoms with van der Waals surface area (Å²) >= 11 is 0. The van der Waals surface area contributed by atoms with E-state index in [0.717, 1.165) is 67.0 Å². The first-order chi connectivity index (χ1) is 43.1. The molecule has 0 N–H and O–H groups in total. The van der Waals surface area contributed by atoms with Crippen molar-refractivity contribution in [2.45, 2.75) is 0 Å². The summed E-state index contributed by atoms with van der Waals surface area (Å²) in [7, 11) is 0. The molecule has 0 amide bonds. The van der Waals surface area contributed by atoms with Gasteiger partial charge >= 0.3 is 0 Å². The maximum Gasteiger partial charge on any atom is 0.164 e. The van der Waals surface area contributed by atoms with Crippen LogP contribution in [0.2, 0.25) is 0 Å². The smallest absolute Gasteiger partial charge is 0.164 e. The van der Waals surface area contributed by atoms with Crippen LogP contribution in [0.15, 0.2) is 315 Å². The molecule has 0 unspecified atom stereocenters. The molecule has 0 radical (unpaired) electrons. The van der Waals surface area contributed by atoms with E-state index in [1.807, 2.05) is 60.7 Å². The Bertz CT molecular complexity index is 5370. The van der Waals surface area contributed by atoms with Gasteiger partial charge in [-0.15, -0.1) is 0 Å². The molecular weight excluding hydrogens is 1060 g/mol. The lowest BCUT2D eigenvalue weighted by atomic mass is 9.95. The predicted molar refractivity (Wildman–Crippen MR) is 361 cm³/mol. The SMILES string of the molecule is c1ccc(-c2nc(-c3ccccc3)nc(-c3ccc(-c4ccc(-n5c6ccccc6c6c(-c7cccc8c7c7ccccc7n8-c7cccc(-c8cccc(-c9ccc(-n%10c%11ccccc%11c%11ccccc%11%10)cc9)c8)c7)cccc65)cc4)cc3)n2)cc1.